The molecule has 2 heteroatoms. The minimum absolute atomic E-state index is 0.263. The average Bonchev–Trinajstić information content (AvgIpc) is 2.64. The van der Waals surface area contributed by atoms with Crippen LogP contribution in [-0.2, 0) is 11.2 Å². The Balaban J connectivity index is 1.60. The van der Waals surface area contributed by atoms with Gasteiger partial charge in [0.25, 0.3) is 0 Å². The first-order chi connectivity index (χ1) is 11.8. The molecule has 2 aromatic carbocycles. The van der Waals surface area contributed by atoms with Gasteiger partial charge in [0.1, 0.15) is 0 Å². The van der Waals surface area contributed by atoms with Crippen LogP contribution in [0.2, 0.25) is 0 Å². The van der Waals surface area contributed by atoms with E-state index in [9.17, 15) is 4.79 Å². The minimum atomic E-state index is 0.263. The lowest BCUT2D eigenvalue weighted by Gasteiger charge is -2.35. The highest BCUT2D eigenvalue weighted by atomic mass is 16.2. The summed E-state index contributed by atoms with van der Waals surface area (Å²) in [6.07, 6.45) is 9.29. The molecule has 0 radical (unpaired) electrons. The zero-order valence-electron chi connectivity index (χ0n) is 14.1. The van der Waals surface area contributed by atoms with Crippen LogP contribution >= 0.6 is 0 Å². The van der Waals surface area contributed by atoms with Gasteiger partial charge >= 0.3 is 0 Å². The number of nitrogens with zero attached hydrogens (tertiary/aromatic N) is 1. The van der Waals surface area contributed by atoms with Crippen molar-refractivity contribution in [3.63, 3.8) is 0 Å². The van der Waals surface area contributed by atoms with Gasteiger partial charge in [0.05, 0.1) is 6.42 Å². The van der Waals surface area contributed by atoms with Gasteiger partial charge in [0.15, 0.2) is 0 Å². The van der Waals surface area contributed by atoms with Crippen LogP contribution in [0.4, 0.5) is 0 Å². The third-order valence-corrected chi connectivity index (χ3v) is 4.66. The smallest absolute Gasteiger partial charge is 0.227 e. The van der Waals surface area contributed by atoms with Crippen LogP contribution in [0.3, 0.4) is 0 Å². The second-order valence-corrected chi connectivity index (χ2v) is 6.45. The third-order valence-electron chi connectivity index (χ3n) is 4.66. The second kappa shape index (κ2) is 8.49. The van der Waals surface area contributed by atoms with Crippen LogP contribution in [0.5, 0.6) is 0 Å². The summed E-state index contributed by atoms with van der Waals surface area (Å²) in [6.45, 7) is 0.898. The summed E-state index contributed by atoms with van der Waals surface area (Å²) >= 11 is 0. The van der Waals surface area contributed by atoms with Gasteiger partial charge in [-0.15, -0.1) is 0 Å². The molecule has 124 valence electrons. The zero-order chi connectivity index (χ0) is 16.6. The van der Waals surface area contributed by atoms with Gasteiger partial charge in [-0.1, -0.05) is 72.8 Å². The lowest BCUT2D eigenvalue weighted by molar-refractivity contribution is -0.134. The minimum Gasteiger partial charge on any atom is -0.339 e. The largest absolute Gasteiger partial charge is 0.339 e. The summed E-state index contributed by atoms with van der Waals surface area (Å²) in [7, 11) is 0. The van der Waals surface area contributed by atoms with E-state index in [0.29, 0.717) is 12.5 Å². The van der Waals surface area contributed by atoms with Gasteiger partial charge in [-0.2, -0.15) is 0 Å². The van der Waals surface area contributed by atoms with E-state index < -0.39 is 0 Å². The first kappa shape index (κ1) is 16.5. The van der Waals surface area contributed by atoms with Crippen molar-refractivity contribution in [3.05, 3.63) is 77.9 Å². The summed E-state index contributed by atoms with van der Waals surface area (Å²) < 4.78 is 0. The number of benzene rings is 2. The van der Waals surface area contributed by atoms with Crippen molar-refractivity contribution in [3.8, 4) is 0 Å². The van der Waals surface area contributed by atoms with Crippen LogP contribution in [0.15, 0.2) is 66.7 Å². The quantitative estimate of drug-likeness (QED) is 0.781. The van der Waals surface area contributed by atoms with Crippen molar-refractivity contribution in [2.24, 2.45) is 0 Å². The van der Waals surface area contributed by atoms with Crippen molar-refractivity contribution < 1.29 is 4.79 Å². The number of hydrogen-bond donors (Lipinski definition) is 0. The molecule has 1 atom stereocenters. The summed E-state index contributed by atoms with van der Waals surface area (Å²) in [6, 6.07) is 20.7. The number of amides is 1. The molecule has 1 heterocycles. The Labute approximate surface area is 144 Å². The second-order valence-electron chi connectivity index (χ2n) is 6.45. The molecular formula is C22H25NO. The highest BCUT2D eigenvalue weighted by molar-refractivity contribution is 5.79. The standard InChI is InChI=1S/C22H25NO/c24-22(18-20-12-5-2-6-13-20)23-17-8-7-15-21(23)16-9-14-19-10-3-1-4-11-19/h1-6,9-14,21H,7-8,15-18H2. The van der Waals surface area contributed by atoms with E-state index in [1.165, 1.54) is 12.0 Å². The Morgan fingerprint density at radius 3 is 2.46 bits per heavy atom. The predicted octanol–water partition coefficient (Wildman–Crippen LogP) is 4.71. The first-order valence-electron chi connectivity index (χ1n) is 8.88. The van der Waals surface area contributed by atoms with Crippen LogP contribution in [0.1, 0.15) is 36.8 Å². The van der Waals surface area contributed by atoms with Crippen LogP contribution < -0.4 is 0 Å². The fourth-order valence-electron chi connectivity index (χ4n) is 3.37. The molecule has 3 rings (SSSR count). The van der Waals surface area contributed by atoms with E-state index in [1.807, 2.05) is 36.4 Å². The maximum Gasteiger partial charge on any atom is 0.227 e. The van der Waals surface area contributed by atoms with Crippen LogP contribution in [0, 0.1) is 0 Å². The van der Waals surface area contributed by atoms with E-state index in [2.05, 4.69) is 41.3 Å². The zero-order valence-corrected chi connectivity index (χ0v) is 14.1. The summed E-state index contributed by atoms with van der Waals surface area (Å²) in [5, 5.41) is 0. The van der Waals surface area contributed by atoms with Crippen molar-refractivity contribution >= 4 is 12.0 Å². The van der Waals surface area contributed by atoms with Crippen molar-refractivity contribution in [2.45, 2.75) is 38.1 Å². The predicted molar refractivity (Wildman–Crippen MR) is 99.6 cm³/mol. The average molecular weight is 319 g/mol. The van der Waals surface area contributed by atoms with Crippen molar-refractivity contribution in [1.82, 2.24) is 4.90 Å². The molecule has 1 amide bonds. The lowest BCUT2D eigenvalue weighted by atomic mass is 9.97. The van der Waals surface area contributed by atoms with E-state index in [0.717, 1.165) is 31.4 Å². The number of piperidine rings is 1. The van der Waals surface area contributed by atoms with Crippen LogP contribution in [-0.4, -0.2) is 23.4 Å². The highest BCUT2D eigenvalue weighted by Gasteiger charge is 2.25. The Morgan fingerprint density at radius 2 is 1.71 bits per heavy atom. The van der Waals surface area contributed by atoms with Gasteiger partial charge in [0, 0.05) is 12.6 Å². The molecule has 2 nitrogen and oxygen atoms in total. The number of rotatable bonds is 5. The van der Waals surface area contributed by atoms with E-state index in [4.69, 9.17) is 0 Å². The molecule has 1 aliphatic rings. The monoisotopic (exact) mass is 319 g/mol. The van der Waals surface area contributed by atoms with E-state index >= 15 is 0 Å². The first-order valence-corrected chi connectivity index (χ1v) is 8.88. The lowest BCUT2D eigenvalue weighted by Crippen LogP contribution is -2.44. The topological polar surface area (TPSA) is 20.3 Å². The molecule has 1 unspecified atom stereocenters. The van der Waals surface area contributed by atoms with Crippen LogP contribution in [0.25, 0.3) is 6.08 Å². The van der Waals surface area contributed by atoms with E-state index in [-0.39, 0.29) is 5.91 Å². The van der Waals surface area contributed by atoms with Gasteiger partial charge in [-0.25, -0.2) is 0 Å². The fourth-order valence-corrected chi connectivity index (χ4v) is 3.37. The molecule has 2 aromatic rings. The number of carbonyl (C=O) groups is 1. The fraction of sp³-hybridized carbons (Fsp3) is 0.318. The molecular weight excluding hydrogens is 294 g/mol. The maximum absolute atomic E-state index is 12.7. The molecule has 1 aliphatic heterocycles. The summed E-state index contributed by atoms with van der Waals surface area (Å²) in [4.78, 5) is 14.8. The molecule has 0 spiro atoms. The van der Waals surface area contributed by atoms with Gasteiger partial charge in [0.2, 0.25) is 5.91 Å². The molecule has 1 fully saturated rings. The maximum atomic E-state index is 12.7. The highest BCUT2D eigenvalue weighted by Crippen LogP contribution is 2.21. The molecule has 1 saturated heterocycles. The van der Waals surface area contributed by atoms with Gasteiger partial charge in [-0.3, -0.25) is 4.79 Å². The number of carbonyl (C=O) groups excluding carboxylic acids is 1. The summed E-state index contributed by atoms with van der Waals surface area (Å²) in [5.41, 5.74) is 2.32. The Hall–Kier alpha value is -2.35. The normalized spacial score (nSPS) is 18.0. The van der Waals surface area contributed by atoms with Gasteiger partial charge in [-0.05, 0) is 36.8 Å². The molecule has 0 N–H and O–H groups in total. The van der Waals surface area contributed by atoms with Crippen molar-refractivity contribution in [2.75, 3.05) is 6.54 Å². The Morgan fingerprint density at radius 1 is 1.00 bits per heavy atom. The molecule has 0 aromatic heterocycles. The third kappa shape index (κ3) is 4.58. The molecule has 0 saturated carbocycles. The summed E-state index contributed by atoms with van der Waals surface area (Å²) in [5.74, 6) is 0.263. The molecule has 0 aliphatic carbocycles. The van der Waals surface area contributed by atoms with Crippen molar-refractivity contribution in [1.29, 1.82) is 0 Å². The Bertz CT molecular complexity index is 663. The number of likely N-dealkylation sites (tertiary alicyclic amines) is 1. The van der Waals surface area contributed by atoms with Gasteiger partial charge < -0.3 is 4.90 Å². The Kier molecular flexibility index (Phi) is 5.84. The number of hydrogen-bond acceptors (Lipinski definition) is 1. The molecule has 24 heavy (non-hydrogen) atoms. The van der Waals surface area contributed by atoms with E-state index in [1.54, 1.807) is 0 Å². The SMILES string of the molecule is O=C(Cc1ccccc1)N1CCCCC1CC=Cc1ccccc1. The molecule has 0 bridgehead atoms.